The summed E-state index contributed by atoms with van der Waals surface area (Å²) < 4.78 is 22.9. The molecule has 2 N–H and O–H groups in total. The van der Waals surface area contributed by atoms with Gasteiger partial charge in [-0.05, 0) is 43.0 Å². The highest BCUT2D eigenvalue weighted by molar-refractivity contribution is 7.90. The topological polar surface area (TPSA) is 80.5 Å². The van der Waals surface area contributed by atoms with E-state index in [4.69, 9.17) is 5.73 Å². The average molecular weight is 347 g/mol. The minimum atomic E-state index is -3.24. The number of amides is 1. The van der Waals surface area contributed by atoms with E-state index in [0.717, 1.165) is 19.1 Å². The minimum Gasteiger partial charge on any atom is -0.334 e. The van der Waals surface area contributed by atoms with Gasteiger partial charge >= 0.3 is 0 Å². The van der Waals surface area contributed by atoms with Crippen LogP contribution < -0.4 is 5.73 Å². The fraction of sp³-hybridized carbons (Fsp3) is 0.533. The molecular formula is C15H23ClN2O3S. The normalized spacial score (nSPS) is 22.0. The third kappa shape index (κ3) is 4.00. The number of carbonyl (C=O) groups is 1. The van der Waals surface area contributed by atoms with Gasteiger partial charge in [-0.1, -0.05) is 6.92 Å². The number of sulfone groups is 1. The zero-order chi connectivity index (χ0) is 15.6. The second-order valence-corrected chi connectivity index (χ2v) is 7.73. The molecule has 0 saturated carbocycles. The summed E-state index contributed by atoms with van der Waals surface area (Å²) in [7, 11) is -3.24. The van der Waals surface area contributed by atoms with Gasteiger partial charge in [0.05, 0.1) is 4.90 Å². The van der Waals surface area contributed by atoms with Gasteiger partial charge in [0.2, 0.25) is 0 Å². The van der Waals surface area contributed by atoms with E-state index in [1.54, 1.807) is 12.1 Å². The molecule has 0 spiro atoms. The molecule has 1 aliphatic rings. The highest BCUT2D eigenvalue weighted by atomic mass is 35.5. The average Bonchev–Trinajstić information content (AvgIpc) is 2.45. The lowest BCUT2D eigenvalue weighted by Gasteiger charge is -2.39. The third-order valence-corrected chi connectivity index (χ3v) is 5.28. The summed E-state index contributed by atoms with van der Waals surface area (Å²) in [5.74, 6) is 0.319. The Morgan fingerprint density at radius 1 is 1.32 bits per heavy atom. The van der Waals surface area contributed by atoms with Crippen molar-refractivity contribution < 1.29 is 13.2 Å². The molecule has 1 aliphatic heterocycles. The Balaban J connectivity index is 0.00000242. The van der Waals surface area contributed by atoms with Crippen LogP contribution in [0, 0.1) is 5.92 Å². The molecule has 0 aliphatic carbocycles. The number of likely N-dealkylation sites (tertiary alicyclic amines) is 1. The minimum absolute atomic E-state index is 0. The molecule has 22 heavy (non-hydrogen) atoms. The van der Waals surface area contributed by atoms with Crippen LogP contribution in [-0.4, -0.2) is 44.6 Å². The van der Waals surface area contributed by atoms with Crippen LogP contribution in [0.1, 0.15) is 30.1 Å². The first kappa shape index (κ1) is 18.9. The highest BCUT2D eigenvalue weighted by Gasteiger charge is 2.31. The number of nitrogens with two attached hydrogens (primary N) is 1. The smallest absolute Gasteiger partial charge is 0.254 e. The summed E-state index contributed by atoms with van der Waals surface area (Å²) in [6.45, 7) is 3.27. The summed E-state index contributed by atoms with van der Waals surface area (Å²) in [5, 5.41) is 0. The predicted molar refractivity (Wildman–Crippen MR) is 89.1 cm³/mol. The Hall–Kier alpha value is -1.11. The van der Waals surface area contributed by atoms with Crippen LogP contribution >= 0.6 is 12.4 Å². The fourth-order valence-corrected chi connectivity index (χ4v) is 3.50. The summed E-state index contributed by atoms with van der Waals surface area (Å²) in [6.07, 6.45) is 3.21. The maximum atomic E-state index is 12.6. The highest BCUT2D eigenvalue weighted by Crippen LogP contribution is 2.24. The van der Waals surface area contributed by atoms with Crippen LogP contribution in [0.5, 0.6) is 0 Å². The zero-order valence-corrected chi connectivity index (χ0v) is 14.5. The Morgan fingerprint density at radius 2 is 1.91 bits per heavy atom. The summed E-state index contributed by atoms with van der Waals surface area (Å²) in [4.78, 5) is 14.6. The van der Waals surface area contributed by atoms with Gasteiger partial charge in [-0.15, -0.1) is 12.4 Å². The van der Waals surface area contributed by atoms with E-state index in [1.165, 1.54) is 12.1 Å². The molecule has 0 bridgehead atoms. The van der Waals surface area contributed by atoms with E-state index in [1.807, 2.05) is 4.90 Å². The third-order valence-electron chi connectivity index (χ3n) is 4.15. The first-order valence-corrected chi connectivity index (χ1v) is 9.05. The van der Waals surface area contributed by atoms with Gasteiger partial charge < -0.3 is 10.6 Å². The Labute approximate surface area is 138 Å². The SMILES string of the molecule is CC1CCCN(C(=O)c2ccc(S(C)(=O)=O)cc2)C1CN.Cl. The van der Waals surface area contributed by atoms with Crippen molar-refractivity contribution in [3.63, 3.8) is 0 Å². The molecule has 0 aromatic heterocycles. The molecule has 7 heteroatoms. The molecule has 124 valence electrons. The maximum Gasteiger partial charge on any atom is 0.254 e. The van der Waals surface area contributed by atoms with Crippen molar-refractivity contribution in [3.05, 3.63) is 29.8 Å². The van der Waals surface area contributed by atoms with E-state index >= 15 is 0 Å². The van der Waals surface area contributed by atoms with Gasteiger partial charge in [0.25, 0.3) is 5.91 Å². The van der Waals surface area contributed by atoms with Crippen LogP contribution in [0.15, 0.2) is 29.2 Å². The summed E-state index contributed by atoms with van der Waals surface area (Å²) in [6, 6.07) is 6.17. The van der Waals surface area contributed by atoms with Crippen molar-refractivity contribution in [1.29, 1.82) is 0 Å². The quantitative estimate of drug-likeness (QED) is 0.903. The van der Waals surface area contributed by atoms with Gasteiger partial charge in [0.1, 0.15) is 0 Å². The molecule has 2 atom stereocenters. The molecule has 1 aromatic carbocycles. The molecular weight excluding hydrogens is 324 g/mol. The number of rotatable bonds is 3. The van der Waals surface area contributed by atoms with E-state index in [2.05, 4.69) is 6.92 Å². The van der Waals surface area contributed by atoms with Gasteiger partial charge in [-0.2, -0.15) is 0 Å². The van der Waals surface area contributed by atoms with Crippen LogP contribution in [0.4, 0.5) is 0 Å². The fourth-order valence-electron chi connectivity index (χ4n) is 2.87. The second kappa shape index (κ2) is 7.44. The Bertz CT molecular complexity index is 616. The van der Waals surface area contributed by atoms with E-state index in [-0.39, 0.29) is 29.3 Å². The molecule has 1 heterocycles. The van der Waals surface area contributed by atoms with Crippen molar-refractivity contribution in [2.45, 2.75) is 30.7 Å². The lowest BCUT2D eigenvalue weighted by molar-refractivity contribution is 0.0532. The van der Waals surface area contributed by atoms with Crippen LogP contribution in [0.25, 0.3) is 0 Å². The lowest BCUT2D eigenvalue weighted by Crippen LogP contribution is -2.51. The standard InChI is InChI=1S/C15H22N2O3S.ClH/c1-11-4-3-9-17(14(11)10-16)15(18)12-5-7-13(8-6-12)21(2,19)20;/h5-8,11,14H,3-4,9-10,16H2,1-2H3;1H. The number of benzene rings is 1. The molecule has 5 nitrogen and oxygen atoms in total. The molecule has 2 unspecified atom stereocenters. The first-order chi connectivity index (χ1) is 9.84. The number of carbonyl (C=O) groups excluding carboxylic acids is 1. The Morgan fingerprint density at radius 3 is 2.41 bits per heavy atom. The van der Waals surface area contributed by atoms with Crippen LogP contribution in [-0.2, 0) is 9.84 Å². The van der Waals surface area contributed by atoms with Crippen molar-refractivity contribution in [2.24, 2.45) is 11.7 Å². The van der Waals surface area contributed by atoms with E-state index in [0.29, 0.717) is 24.6 Å². The first-order valence-electron chi connectivity index (χ1n) is 7.15. The van der Waals surface area contributed by atoms with Gasteiger partial charge in [-0.3, -0.25) is 4.79 Å². The monoisotopic (exact) mass is 346 g/mol. The largest absolute Gasteiger partial charge is 0.334 e. The van der Waals surface area contributed by atoms with Crippen molar-refractivity contribution in [3.8, 4) is 0 Å². The summed E-state index contributed by atoms with van der Waals surface area (Å²) >= 11 is 0. The molecule has 1 fully saturated rings. The number of halogens is 1. The van der Waals surface area contributed by atoms with Crippen LogP contribution in [0.2, 0.25) is 0 Å². The Kier molecular flexibility index (Phi) is 6.40. The van der Waals surface area contributed by atoms with Crippen LogP contribution in [0.3, 0.4) is 0 Å². The second-order valence-electron chi connectivity index (χ2n) is 5.72. The molecule has 2 rings (SSSR count). The van der Waals surface area contributed by atoms with E-state index < -0.39 is 9.84 Å². The maximum absolute atomic E-state index is 12.6. The molecule has 1 saturated heterocycles. The zero-order valence-electron chi connectivity index (χ0n) is 12.9. The molecule has 1 amide bonds. The van der Waals surface area contributed by atoms with Crippen molar-refractivity contribution in [1.82, 2.24) is 4.90 Å². The predicted octanol–water partition coefficient (Wildman–Crippen LogP) is 1.71. The number of nitrogens with zero attached hydrogens (tertiary/aromatic N) is 1. The van der Waals surface area contributed by atoms with Gasteiger partial charge in [0.15, 0.2) is 9.84 Å². The number of hydrogen-bond donors (Lipinski definition) is 1. The van der Waals surface area contributed by atoms with Gasteiger partial charge in [-0.25, -0.2) is 8.42 Å². The number of piperidine rings is 1. The van der Waals surface area contributed by atoms with Gasteiger partial charge in [0, 0.05) is 31.0 Å². The van der Waals surface area contributed by atoms with Crippen molar-refractivity contribution >= 4 is 28.2 Å². The summed E-state index contributed by atoms with van der Waals surface area (Å²) in [5.41, 5.74) is 6.32. The number of hydrogen-bond acceptors (Lipinski definition) is 4. The van der Waals surface area contributed by atoms with Crippen molar-refractivity contribution in [2.75, 3.05) is 19.3 Å². The molecule has 1 aromatic rings. The molecule has 0 radical (unpaired) electrons. The lowest BCUT2D eigenvalue weighted by atomic mass is 9.90. The van der Waals surface area contributed by atoms with E-state index in [9.17, 15) is 13.2 Å².